The van der Waals surface area contributed by atoms with Gasteiger partial charge in [0.15, 0.2) is 0 Å². The van der Waals surface area contributed by atoms with Crippen LogP contribution in [-0.4, -0.2) is 22.4 Å². The Morgan fingerprint density at radius 2 is 2.12 bits per heavy atom. The molecule has 1 heterocycles. The van der Waals surface area contributed by atoms with Gasteiger partial charge in [0.2, 0.25) is 0 Å². The molecule has 0 aromatic carbocycles. The topological polar surface area (TPSA) is 58.3 Å². The maximum atomic E-state index is 9.83. The summed E-state index contributed by atoms with van der Waals surface area (Å²) in [5, 5.41) is 17.2. The number of aliphatic hydroxyl groups excluding tert-OH is 1. The van der Waals surface area contributed by atoms with Crippen molar-refractivity contribution in [1.29, 1.82) is 0 Å². The summed E-state index contributed by atoms with van der Waals surface area (Å²) in [7, 11) is 0. The first kappa shape index (κ1) is 11.6. The summed E-state index contributed by atoms with van der Waals surface area (Å²) < 4.78 is 5.11. The van der Waals surface area contributed by atoms with Gasteiger partial charge in [-0.2, -0.15) is 0 Å². The molecule has 0 amide bonds. The van der Waals surface area contributed by atoms with Gasteiger partial charge in [-0.25, -0.2) is 0 Å². The van der Waals surface area contributed by atoms with Crippen molar-refractivity contribution in [2.45, 2.75) is 58.2 Å². The van der Waals surface area contributed by atoms with Gasteiger partial charge >= 0.3 is 0 Å². The molecule has 0 aliphatic heterocycles. The van der Waals surface area contributed by atoms with Gasteiger partial charge in [0.25, 0.3) is 0 Å². The molecule has 4 nitrogen and oxygen atoms in total. The van der Waals surface area contributed by atoms with Crippen LogP contribution in [0.1, 0.15) is 42.7 Å². The largest absolute Gasteiger partial charge is 0.392 e. The molecule has 1 aliphatic rings. The van der Waals surface area contributed by atoms with Crippen molar-refractivity contribution in [1.82, 2.24) is 10.5 Å². The molecule has 1 aliphatic carbocycles. The fraction of sp³-hybridized carbons (Fsp3) is 0.750. The second kappa shape index (κ2) is 4.97. The predicted molar refractivity (Wildman–Crippen MR) is 61.1 cm³/mol. The Morgan fingerprint density at radius 1 is 1.38 bits per heavy atom. The Labute approximate surface area is 96.0 Å². The van der Waals surface area contributed by atoms with E-state index in [2.05, 4.69) is 10.5 Å². The lowest BCUT2D eigenvalue weighted by molar-refractivity contribution is 0.0902. The zero-order valence-corrected chi connectivity index (χ0v) is 9.99. The van der Waals surface area contributed by atoms with Crippen molar-refractivity contribution >= 4 is 0 Å². The Kier molecular flexibility index (Phi) is 3.61. The molecule has 0 spiro atoms. The highest BCUT2D eigenvalue weighted by Gasteiger charge is 2.23. The normalized spacial score (nSPS) is 25.9. The number of hydrogen-bond donors (Lipinski definition) is 2. The first-order valence-electron chi connectivity index (χ1n) is 6.01. The van der Waals surface area contributed by atoms with Gasteiger partial charge in [-0.05, 0) is 26.7 Å². The van der Waals surface area contributed by atoms with E-state index in [0.717, 1.165) is 42.8 Å². The molecule has 2 rings (SSSR count). The van der Waals surface area contributed by atoms with Crippen LogP contribution in [0.25, 0.3) is 0 Å². The van der Waals surface area contributed by atoms with E-state index < -0.39 is 0 Å². The van der Waals surface area contributed by atoms with Crippen LogP contribution in [0.2, 0.25) is 0 Å². The number of aliphatic hydroxyl groups is 1. The summed E-state index contributed by atoms with van der Waals surface area (Å²) in [6.07, 6.45) is 4.12. The van der Waals surface area contributed by atoms with E-state index >= 15 is 0 Å². The second-order valence-corrected chi connectivity index (χ2v) is 4.64. The lowest BCUT2D eigenvalue weighted by Gasteiger charge is -2.28. The number of aromatic nitrogens is 1. The monoisotopic (exact) mass is 224 g/mol. The van der Waals surface area contributed by atoms with Gasteiger partial charge in [0.05, 0.1) is 11.8 Å². The number of aryl methyl sites for hydroxylation is 2. The lowest BCUT2D eigenvalue weighted by Crippen LogP contribution is -2.41. The number of nitrogens with one attached hydrogen (secondary N) is 1. The van der Waals surface area contributed by atoms with Crippen LogP contribution in [0.5, 0.6) is 0 Å². The third-order valence-electron chi connectivity index (χ3n) is 3.45. The minimum absolute atomic E-state index is 0.200. The fourth-order valence-electron chi connectivity index (χ4n) is 2.34. The summed E-state index contributed by atoms with van der Waals surface area (Å²) in [6.45, 7) is 4.61. The van der Waals surface area contributed by atoms with E-state index in [1.165, 1.54) is 6.42 Å². The number of hydrogen-bond acceptors (Lipinski definition) is 4. The Morgan fingerprint density at radius 3 is 2.75 bits per heavy atom. The molecule has 90 valence electrons. The second-order valence-electron chi connectivity index (χ2n) is 4.64. The van der Waals surface area contributed by atoms with Crippen molar-refractivity contribution in [3.8, 4) is 0 Å². The first-order chi connectivity index (χ1) is 7.68. The van der Waals surface area contributed by atoms with Crippen molar-refractivity contribution in [3.63, 3.8) is 0 Å². The van der Waals surface area contributed by atoms with E-state index in [1.54, 1.807) is 0 Å². The minimum atomic E-state index is -0.200. The quantitative estimate of drug-likeness (QED) is 0.820. The standard InChI is InChI=1S/C12H20N2O2/c1-8-10(9(2)16-14-8)7-13-11-5-3-4-6-12(11)15/h11-13,15H,3-7H2,1-2H3. The molecule has 0 saturated heterocycles. The highest BCUT2D eigenvalue weighted by atomic mass is 16.5. The number of rotatable bonds is 3. The third kappa shape index (κ3) is 2.44. The van der Waals surface area contributed by atoms with E-state index in [9.17, 15) is 5.11 Å². The van der Waals surface area contributed by atoms with Crippen molar-refractivity contribution < 1.29 is 9.63 Å². The van der Waals surface area contributed by atoms with Crippen molar-refractivity contribution in [2.75, 3.05) is 0 Å². The smallest absolute Gasteiger partial charge is 0.138 e. The molecule has 16 heavy (non-hydrogen) atoms. The van der Waals surface area contributed by atoms with Crippen molar-refractivity contribution in [2.24, 2.45) is 0 Å². The van der Waals surface area contributed by atoms with Gasteiger partial charge < -0.3 is 14.9 Å². The maximum Gasteiger partial charge on any atom is 0.138 e. The van der Waals surface area contributed by atoms with Crippen molar-refractivity contribution in [3.05, 3.63) is 17.0 Å². The molecule has 2 unspecified atom stereocenters. The minimum Gasteiger partial charge on any atom is -0.392 e. The average molecular weight is 224 g/mol. The van der Waals surface area contributed by atoms with Crippen LogP contribution in [-0.2, 0) is 6.54 Å². The van der Waals surface area contributed by atoms with Crippen LogP contribution in [0.4, 0.5) is 0 Å². The summed E-state index contributed by atoms with van der Waals surface area (Å²) >= 11 is 0. The van der Waals surface area contributed by atoms with E-state index in [-0.39, 0.29) is 12.1 Å². The molecule has 0 bridgehead atoms. The molecule has 1 aromatic heterocycles. The first-order valence-corrected chi connectivity index (χ1v) is 6.01. The molecule has 4 heteroatoms. The molecular weight excluding hydrogens is 204 g/mol. The van der Waals surface area contributed by atoms with E-state index in [0.29, 0.717) is 0 Å². The number of nitrogens with zero attached hydrogens (tertiary/aromatic N) is 1. The molecule has 2 N–H and O–H groups in total. The van der Waals surface area contributed by atoms with Gasteiger partial charge in [0, 0.05) is 18.2 Å². The van der Waals surface area contributed by atoms with Gasteiger partial charge in [0.1, 0.15) is 5.76 Å². The molecule has 1 fully saturated rings. The van der Waals surface area contributed by atoms with Gasteiger partial charge in [-0.15, -0.1) is 0 Å². The third-order valence-corrected chi connectivity index (χ3v) is 3.45. The zero-order valence-electron chi connectivity index (χ0n) is 9.99. The summed E-state index contributed by atoms with van der Waals surface area (Å²) in [5.41, 5.74) is 2.06. The Balaban J connectivity index is 1.91. The zero-order chi connectivity index (χ0) is 11.5. The SMILES string of the molecule is Cc1noc(C)c1CNC1CCCCC1O. The Hall–Kier alpha value is -0.870. The van der Waals surface area contributed by atoms with Crippen LogP contribution in [0.15, 0.2) is 4.52 Å². The molecular formula is C12H20N2O2. The highest BCUT2D eigenvalue weighted by molar-refractivity contribution is 5.20. The van der Waals surface area contributed by atoms with Crippen LogP contribution < -0.4 is 5.32 Å². The van der Waals surface area contributed by atoms with Crippen LogP contribution in [0, 0.1) is 13.8 Å². The lowest BCUT2D eigenvalue weighted by atomic mass is 9.92. The van der Waals surface area contributed by atoms with Crippen LogP contribution in [0.3, 0.4) is 0 Å². The summed E-state index contributed by atoms with van der Waals surface area (Å²) in [5.74, 6) is 0.871. The van der Waals surface area contributed by atoms with E-state index in [4.69, 9.17) is 4.52 Å². The molecule has 1 aromatic rings. The van der Waals surface area contributed by atoms with Gasteiger partial charge in [-0.3, -0.25) is 0 Å². The van der Waals surface area contributed by atoms with E-state index in [1.807, 2.05) is 13.8 Å². The summed E-state index contributed by atoms with van der Waals surface area (Å²) in [6, 6.07) is 0.224. The fourth-order valence-corrected chi connectivity index (χ4v) is 2.34. The molecule has 0 radical (unpaired) electrons. The Bertz CT molecular complexity index is 329. The van der Waals surface area contributed by atoms with Crippen LogP contribution >= 0.6 is 0 Å². The summed E-state index contributed by atoms with van der Waals surface area (Å²) in [4.78, 5) is 0. The average Bonchev–Trinajstić information content (AvgIpc) is 2.58. The molecule has 2 atom stereocenters. The predicted octanol–water partition coefficient (Wildman–Crippen LogP) is 1.68. The highest BCUT2D eigenvalue weighted by Crippen LogP contribution is 2.19. The molecule has 1 saturated carbocycles. The maximum absolute atomic E-state index is 9.83. The van der Waals surface area contributed by atoms with Gasteiger partial charge in [-0.1, -0.05) is 18.0 Å².